The molecule has 4 unspecified atom stereocenters. The topological polar surface area (TPSA) is 195 Å². The van der Waals surface area contributed by atoms with E-state index in [-0.39, 0.29) is 28.3 Å². The van der Waals surface area contributed by atoms with Gasteiger partial charge in [-0.25, -0.2) is 9.69 Å². The predicted octanol–water partition coefficient (Wildman–Crippen LogP) is 0.664. The Labute approximate surface area is 214 Å². The second-order valence-electron chi connectivity index (χ2n) is 8.63. The number of nitro groups is 1. The average Bonchev–Trinajstić information content (AvgIpc) is 3.41. The number of carbonyl (C=O) groups is 4. The van der Waals surface area contributed by atoms with E-state index in [1.165, 1.54) is 44.6 Å². The molecule has 3 N–H and O–H groups in total. The number of amides is 2. The summed E-state index contributed by atoms with van der Waals surface area (Å²) in [6.45, 7) is -1.09. The Morgan fingerprint density at radius 2 is 1.84 bits per heavy atom. The molecule has 2 aliphatic rings. The van der Waals surface area contributed by atoms with Crippen LogP contribution in [0, 0.1) is 22.0 Å². The third-order valence-corrected chi connectivity index (χ3v) is 6.87. The van der Waals surface area contributed by atoms with Crippen LogP contribution in [0.1, 0.15) is 22.0 Å². The van der Waals surface area contributed by atoms with Crippen molar-refractivity contribution in [3.8, 4) is 11.5 Å². The number of benzene rings is 2. The molecule has 2 amide bonds. The van der Waals surface area contributed by atoms with Crippen LogP contribution in [0.3, 0.4) is 0 Å². The van der Waals surface area contributed by atoms with Crippen LogP contribution < -0.4 is 19.7 Å². The maximum atomic E-state index is 13.8. The number of hydrogen-bond acceptors (Lipinski definition) is 11. The lowest BCUT2D eigenvalue weighted by atomic mass is 9.79. The van der Waals surface area contributed by atoms with E-state index < -0.39 is 64.4 Å². The molecule has 38 heavy (non-hydrogen) atoms. The van der Waals surface area contributed by atoms with Crippen LogP contribution >= 0.6 is 0 Å². The largest absolute Gasteiger partial charge is 0.497 e. The number of aliphatic hydroxyl groups excluding tert-OH is 1. The van der Waals surface area contributed by atoms with Gasteiger partial charge in [0.2, 0.25) is 11.8 Å². The smallest absolute Gasteiger partial charge is 0.341 e. The lowest BCUT2D eigenvalue weighted by molar-refractivity contribution is -0.384. The number of non-ortho nitro benzene ring substituents is 1. The summed E-state index contributed by atoms with van der Waals surface area (Å²) in [4.78, 5) is 64.0. The third kappa shape index (κ3) is 3.81. The van der Waals surface area contributed by atoms with Gasteiger partial charge in [-0.1, -0.05) is 6.07 Å². The number of nitrogens with one attached hydrogen (secondary N) is 1. The highest BCUT2D eigenvalue weighted by molar-refractivity contribution is 6.24. The van der Waals surface area contributed by atoms with Crippen LogP contribution in [-0.2, 0) is 19.1 Å². The van der Waals surface area contributed by atoms with E-state index in [2.05, 4.69) is 5.32 Å². The summed E-state index contributed by atoms with van der Waals surface area (Å²) in [5.74, 6) is -7.25. The first-order chi connectivity index (χ1) is 18.1. The van der Waals surface area contributed by atoms with E-state index >= 15 is 0 Å². The summed E-state index contributed by atoms with van der Waals surface area (Å²) < 4.78 is 15.5. The fourth-order valence-electron chi connectivity index (χ4n) is 5.14. The Bertz CT molecular complexity index is 1360. The molecule has 2 aromatic rings. The van der Waals surface area contributed by atoms with Crippen LogP contribution in [0.25, 0.3) is 0 Å². The number of nitro benzene ring substituents is 1. The molecule has 4 rings (SSSR count). The van der Waals surface area contributed by atoms with Crippen molar-refractivity contribution < 1.29 is 48.5 Å². The summed E-state index contributed by atoms with van der Waals surface area (Å²) in [6, 6.07) is 6.18. The van der Waals surface area contributed by atoms with Gasteiger partial charge in [0.15, 0.2) is 5.54 Å². The van der Waals surface area contributed by atoms with Gasteiger partial charge in [-0.15, -0.1) is 0 Å². The second-order valence-corrected chi connectivity index (χ2v) is 8.63. The molecule has 4 atom stereocenters. The average molecular weight is 529 g/mol. The Morgan fingerprint density at radius 3 is 2.39 bits per heavy atom. The van der Waals surface area contributed by atoms with Crippen molar-refractivity contribution in [3.63, 3.8) is 0 Å². The molecular weight excluding hydrogens is 506 g/mol. The quantitative estimate of drug-likeness (QED) is 0.187. The van der Waals surface area contributed by atoms with E-state index in [0.29, 0.717) is 4.90 Å². The molecule has 0 aliphatic carbocycles. The number of nitrogens with zero attached hydrogens (tertiary/aromatic N) is 2. The number of carboxylic acids is 1. The molecule has 2 aliphatic heterocycles. The minimum Gasteiger partial charge on any atom is -0.497 e. The standard InChI is InChI=1S/C24H23N3O11/c1-36-13-8-14(16(22(31)38-3)15(9-13)37-2)19-17-18(24(10-28,25-19)23(32)33)21(30)26(20(17)29)11-5-4-6-12(7-11)27(34)35/h4-9,17-19,25,28H,10H2,1-3H3,(H,32,33). The molecule has 0 saturated carbocycles. The molecule has 2 aromatic carbocycles. The van der Waals surface area contributed by atoms with Crippen molar-refractivity contribution in [2.75, 3.05) is 32.8 Å². The number of hydrogen-bond donors (Lipinski definition) is 3. The van der Waals surface area contributed by atoms with Crippen molar-refractivity contribution in [2.45, 2.75) is 11.6 Å². The van der Waals surface area contributed by atoms with E-state index in [1.807, 2.05) is 0 Å². The van der Waals surface area contributed by atoms with E-state index in [4.69, 9.17) is 14.2 Å². The first-order valence-electron chi connectivity index (χ1n) is 11.1. The van der Waals surface area contributed by atoms with Gasteiger partial charge in [0.05, 0.1) is 50.4 Å². The molecule has 2 heterocycles. The van der Waals surface area contributed by atoms with Crippen molar-refractivity contribution in [3.05, 3.63) is 57.6 Å². The molecule has 14 nitrogen and oxygen atoms in total. The summed E-state index contributed by atoms with van der Waals surface area (Å²) in [6.07, 6.45) is 0. The van der Waals surface area contributed by atoms with Crippen molar-refractivity contribution in [2.24, 2.45) is 11.8 Å². The molecule has 200 valence electrons. The molecular formula is C24H23N3O11. The number of methoxy groups -OCH3 is 3. The number of ether oxygens (including phenoxy) is 3. The zero-order valence-corrected chi connectivity index (χ0v) is 20.4. The Hall–Kier alpha value is -4.56. The zero-order valence-electron chi connectivity index (χ0n) is 20.4. The molecule has 2 saturated heterocycles. The van der Waals surface area contributed by atoms with Gasteiger partial charge in [-0.05, 0) is 17.7 Å². The minimum atomic E-state index is -2.33. The summed E-state index contributed by atoms with van der Waals surface area (Å²) in [7, 11) is 3.73. The SMILES string of the molecule is COC(=O)c1c(OC)cc(OC)cc1C1NC(CO)(C(=O)O)C2C(=O)N(c3cccc([N+](=O)[O-])c3)C(=O)C12. The molecule has 0 spiro atoms. The Balaban J connectivity index is 1.96. The summed E-state index contributed by atoms with van der Waals surface area (Å²) in [5, 5.41) is 34.4. The predicted molar refractivity (Wildman–Crippen MR) is 127 cm³/mol. The maximum absolute atomic E-state index is 13.8. The van der Waals surface area contributed by atoms with Crippen LogP contribution in [0.4, 0.5) is 11.4 Å². The number of carboxylic acid groups (broad SMARTS) is 1. The van der Waals surface area contributed by atoms with Gasteiger partial charge in [0.25, 0.3) is 5.69 Å². The first kappa shape index (κ1) is 26.5. The monoisotopic (exact) mass is 529 g/mol. The van der Waals surface area contributed by atoms with Crippen molar-refractivity contribution in [1.29, 1.82) is 0 Å². The molecule has 0 radical (unpaired) electrons. The minimum absolute atomic E-state index is 0.00585. The Morgan fingerprint density at radius 1 is 1.13 bits per heavy atom. The zero-order chi connectivity index (χ0) is 27.9. The fourth-order valence-corrected chi connectivity index (χ4v) is 5.14. The van der Waals surface area contributed by atoms with Gasteiger partial charge in [0.1, 0.15) is 17.1 Å². The third-order valence-electron chi connectivity index (χ3n) is 6.87. The molecule has 14 heteroatoms. The second kappa shape index (κ2) is 9.72. The summed E-state index contributed by atoms with van der Waals surface area (Å²) in [5.41, 5.74) is -2.99. The van der Waals surface area contributed by atoms with E-state index in [9.17, 15) is 39.5 Å². The maximum Gasteiger partial charge on any atom is 0.341 e. The number of anilines is 1. The Kier molecular flexibility index (Phi) is 6.78. The van der Waals surface area contributed by atoms with Gasteiger partial charge < -0.3 is 24.4 Å². The van der Waals surface area contributed by atoms with E-state index in [0.717, 1.165) is 13.2 Å². The highest BCUT2D eigenvalue weighted by Gasteiger charge is 2.69. The van der Waals surface area contributed by atoms with Gasteiger partial charge >= 0.3 is 11.9 Å². The summed E-state index contributed by atoms with van der Waals surface area (Å²) >= 11 is 0. The highest BCUT2D eigenvalue weighted by atomic mass is 16.6. The molecule has 0 bridgehead atoms. The molecule has 2 fully saturated rings. The number of carbonyl (C=O) groups excluding carboxylic acids is 3. The highest BCUT2D eigenvalue weighted by Crippen LogP contribution is 2.51. The van der Waals surface area contributed by atoms with Gasteiger partial charge in [-0.3, -0.25) is 29.8 Å². The lowest BCUT2D eigenvalue weighted by Crippen LogP contribution is -2.58. The number of imide groups is 1. The normalized spacial score (nSPS) is 24.2. The van der Waals surface area contributed by atoms with Crippen LogP contribution in [-0.4, -0.2) is 72.4 Å². The first-order valence-corrected chi connectivity index (χ1v) is 11.1. The van der Waals surface area contributed by atoms with Gasteiger partial charge in [0, 0.05) is 24.2 Å². The number of aliphatic hydroxyl groups is 1. The molecule has 0 aromatic heterocycles. The van der Waals surface area contributed by atoms with Gasteiger partial charge in [-0.2, -0.15) is 0 Å². The van der Waals surface area contributed by atoms with E-state index in [1.54, 1.807) is 0 Å². The number of fused-ring (bicyclic) bond motifs is 1. The number of esters is 1. The fraction of sp³-hybridized carbons (Fsp3) is 0.333. The number of rotatable bonds is 8. The van der Waals surface area contributed by atoms with Crippen LogP contribution in [0.5, 0.6) is 11.5 Å². The lowest BCUT2D eigenvalue weighted by Gasteiger charge is -2.29. The van der Waals surface area contributed by atoms with Crippen molar-refractivity contribution >= 4 is 35.1 Å². The number of aliphatic carboxylic acids is 1. The van der Waals surface area contributed by atoms with Crippen molar-refractivity contribution in [1.82, 2.24) is 5.32 Å². The van der Waals surface area contributed by atoms with Crippen LogP contribution in [0.15, 0.2) is 36.4 Å². The van der Waals surface area contributed by atoms with Crippen LogP contribution in [0.2, 0.25) is 0 Å².